The van der Waals surface area contributed by atoms with E-state index in [0.29, 0.717) is 18.1 Å². The van der Waals surface area contributed by atoms with E-state index in [0.717, 1.165) is 0 Å². The molecule has 2 rings (SSSR count). The third-order valence-corrected chi connectivity index (χ3v) is 2.77. The summed E-state index contributed by atoms with van der Waals surface area (Å²) in [7, 11) is 0. The molecule has 1 fully saturated rings. The summed E-state index contributed by atoms with van der Waals surface area (Å²) in [6.07, 6.45) is 7.39. The van der Waals surface area contributed by atoms with Crippen molar-refractivity contribution in [2.75, 3.05) is 0 Å². The van der Waals surface area contributed by atoms with Gasteiger partial charge in [-0.2, -0.15) is 0 Å². The quantitative estimate of drug-likeness (QED) is 0.516. The van der Waals surface area contributed by atoms with Gasteiger partial charge in [0, 0.05) is 5.92 Å². The highest BCUT2D eigenvalue weighted by molar-refractivity contribution is 5.01. The molecule has 1 aliphatic heterocycles. The van der Waals surface area contributed by atoms with Gasteiger partial charge in [-0.1, -0.05) is 12.2 Å². The summed E-state index contributed by atoms with van der Waals surface area (Å²) in [5.41, 5.74) is 0. The highest BCUT2D eigenvalue weighted by Crippen LogP contribution is 2.31. The van der Waals surface area contributed by atoms with Crippen molar-refractivity contribution in [1.82, 2.24) is 0 Å². The van der Waals surface area contributed by atoms with Crippen LogP contribution in [0.15, 0.2) is 12.2 Å². The van der Waals surface area contributed by atoms with E-state index in [9.17, 15) is 0 Å². The van der Waals surface area contributed by atoms with Crippen LogP contribution in [0.3, 0.4) is 0 Å². The van der Waals surface area contributed by atoms with E-state index in [1.807, 2.05) is 6.92 Å². The Morgan fingerprint density at radius 2 is 2.08 bits per heavy atom. The first-order valence-corrected chi connectivity index (χ1v) is 4.75. The van der Waals surface area contributed by atoms with Gasteiger partial charge in [-0.3, -0.25) is 0 Å². The molecule has 0 N–H and O–H groups in total. The predicted molar refractivity (Wildman–Crippen MR) is 46.7 cm³/mol. The molecule has 2 heteroatoms. The van der Waals surface area contributed by atoms with Crippen LogP contribution in [0.4, 0.5) is 0 Å². The van der Waals surface area contributed by atoms with Gasteiger partial charge in [-0.15, -0.1) is 0 Å². The first-order chi connectivity index (χ1) is 5.77. The zero-order valence-electron chi connectivity index (χ0n) is 7.69. The van der Waals surface area contributed by atoms with Crippen LogP contribution in [0, 0.1) is 5.92 Å². The Hall–Kier alpha value is -0.340. The smallest absolute Gasteiger partial charge is 0.155 e. The second kappa shape index (κ2) is 3.19. The molecule has 68 valence electrons. The van der Waals surface area contributed by atoms with E-state index >= 15 is 0 Å². The Balaban J connectivity index is 2.10. The summed E-state index contributed by atoms with van der Waals surface area (Å²) < 4.78 is 11.3. The minimum Gasteiger partial charge on any atom is -0.350 e. The lowest BCUT2D eigenvalue weighted by molar-refractivity contribution is -0.246. The fourth-order valence-corrected chi connectivity index (χ4v) is 2.13. The molecule has 0 aromatic heterocycles. The first kappa shape index (κ1) is 8.27. The second-order valence-electron chi connectivity index (χ2n) is 3.68. The van der Waals surface area contributed by atoms with Crippen LogP contribution in [0.1, 0.15) is 26.7 Å². The zero-order valence-corrected chi connectivity index (χ0v) is 7.69. The third-order valence-electron chi connectivity index (χ3n) is 2.77. The van der Waals surface area contributed by atoms with Gasteiger partial charge in [-0.05, 0) is 26.7 Å². The van der Waals surface area contributed by atoms with Crippen molar-refractivity contribution < 1.29 is 9.47 Å². The fourth-order valence-electron chi connectivity index (χ4n) is 2.13. The lowest BCUT2D eigenvalue weighted by Gasteiger charge is -2.40. The molecule has 2 aliphatic rings. The average Bonchev–Trinajstić information content (AvgIpc) is 2.04. The van der Waals surface area contributed by atoms with Crippen LogP contribution in [0.2, 0.25) is 0 Å². The Bertz CT molecular complexity index is 188. The van der Waals surface area contributed by atoms with Gasteiger partial charge >= 0.3 is 0 Å². The van der Waals surface area contributed by atoms with Crippen LogP contribution in [0.25, 0.3) is 0 Å². The molecule has 0 amide bonds. The molecule has 0 aromatic rings. The molecule has 0 spiro atoms. The Morgan fingerprint density at radius 1 is 1.25 bits per heavy atom. The number of hydrogen-bond donors (Lipinski definition) is 0. The van der Waals surface area contributed by atoms with Gasteiger partial charge < -0.3 is 9.47 Å². The molecule has 4 atom stereocenters. The minimum atomic E-state index is -0.0380. The van der Waals surface area contributed by atoms with Crippen LogP contribution in [-0.4, -0.2) is 18.5 Å². The number of hydrogen-bond acceptors (Lipinski definition) is 2. The van der Waals surface area contributed by atoms with Gasteiger partial charge in [0.2, 0.25) is 0 Å². The van der Waals surface area contributed by atoms with Crippen LogP contribution in [0.5, 0.6) is 0 Å². The zero-order chi connectivity index (χ0) is 8.55. The minimum absolute atomic E-state index is 0.0380. The summed E-state index contributed by atoms with van der Waals surface area (Å²) in [6, 6.07) is 0. The van der Waals surface area contributed by atoms with Crippen LogP contribution < -0.4 is 0 Å². The topological polar surface area (TPSA) is 18.5 Å². The molecule has 0 saturated carbocycles. The summed E-state index contributed by atoms with van der Waals surface area (Å²) >= 11 is 0. The maximum absolute atomic E-state index is 5.65. The number of rotatable bonds is 0. The number of ether oxygens (including phenoxy) is 2. The summed E-state index contributed by atoms with van der Waals surface area (Å²) in [4.78, 5) is 0. The molecular weight excluding hydrogens is 152 g/mol. The summed E-state index contributed by atoms with van der Waals surface area (Å²) in [5, 5.41) is 0. The largest absolute Gasteiger partial charge is 0.350 e. The molecule has 1 saturated heterocycles. The summed E-state index contributed by atoms with van der Waals surface area (Å²) in [6.45, 7) is 4.12. The molecule has 2 nitrogen and oxygen atoms in total. The maximum Gasteiger partial charge on any atom is 0.155 e. The summed E-state index contributed by atoms with van der Waals surface area (Å²) in [5.74, 6) is 0.575. The highest BCUT2D eigenvalue weighted by atomic mass is 16.7. The van der Waals surface area contributed by atoms with E-state index < -0.39 is 0 Å². The van der Waals surface area contributed by atoms with Crippen molar-refractivity contribution in [3.05, 3.63) is 12.2 Å². The SMILES string of the molecule is CC1OC(C)C2CCC=CC2O1. The average molecular weight is 168 g/mol. The molecule has 1 heterocycles. The molecule has 0 radical (unpaired) electrons. The predicted octanol–water partition coefficient (Wildman–Crippen LogP) is 2.10. The van der Waals surface area contributed by atoms with E-state index in [2.05, 4.69) is 19.1 Å². The maximum atomic E-state index is 5.65. The molecule has 4 unspecified atom stereocenters. The van der Waals surface area contributed by atoms with Crippen molar-refractivity contribution in [2.45, 2.75) is 45.2 Å². The first-order valence-electron chi connectivity index (χ1n) is 4.75. The van der Waals surface area contributed by atoms with Crippen molar-refractivity contribution in [2.24, 2.45) is 5.92 Å². The van der Waals surface area contributed by atoms with Gasteiger partial charge in [0.25, 0.3) is 0 Å². The Morgan fingerprint density at radius 3 is 2.92 bits per heavy atom. The molecule has 0 bridgehead atoms. The van der Waals surface area contributed by atoms with Crippen molar-refractivity contribution >= 4 is 0 Å². The number of allylic oxidation sites excluding steroid dienone is 1. The van der Waals surface area contributed by atoms with E-state index in [1.165, 1.54) is 12.8 Å². The Kier molecular flexibility index (Phi) is 2.20. The van der Waals surface area contributed by atoms with Gasteiger partial charge in [0.1, 0.15) is 0 Å². The Labute approximate surface area is 73.5 Å². The van der Waals surface area contributed by atoms with Gasteiger partial charge in [-0.25, -0.2) is 0 Å². The molecule has 0 aromatic carbocycles. The third kappa shape index (κ3) is 1.41. The number of fused-ring (bicyclic) bond motifs is 1. The monoisotopic (exact) mass is 168 g/mol. The van der Waals surface area contributed by atoms with E-state index in [1.54, 1.807) is 0 Å². The van der Waals surface area contributed by atoms with Gasteiger partial charge in [0.15, 0.2) is 6.29 Å². The van der Waals surface area contributed by atoms with Crippen LogP contribution in [-0.2, 0) is 9.47 Å². The molecule has 12 heavy (non-hydrogen) atoms. The van der Waals surface area contributed by atoms with E-state index in [4.69, 9.17) is 9.47 Å². The van der Waals surface area contributed by atoms with Crippen molar-refractivity contribution in [3.63, 3.8) is 0 Å². The molecular formula is C10H16O2. The fraction of sp³-hybridized carbons (Fsp3) is 0.800. The van der Waals surface area contributed by atoms with Crippen molar-refractivity contribution in [3.8, 4) is 0 Å². The molecule has 1 aliphatic carbocycles. The second-order valence-corrected chi connectivity index (χ2v) is 3.68. The lowest BCUT2D eigenvalue weighted by atomic mass is 9.87. The van der Waals surface area contributed by atoms with Crippen molar-refractivity contribution in [1.29, 1.82) is 0 Å². The lowest BCUT2D eigenvalue weighted by Crippen LogP contribution is -2.43. The van der Waals surface area contributed by atoms with E-state index in [-0.39, 0.29) is 6.29 Å². The highest BCUT2D eigenvalue weighted by Gasteiger charge is 2.34. The van der Waals surface area contributed by atoms with Gasteiger partial charge in [0.05, 0.1) is 12.2 Å². The normalized spacial score (nSPS) is 47.2. The standard InChI is InChI=1S/C10H16O2/c1-7-9-5-3-4-6-10(9)12-8(2)11-7/h4,6-10H,3,5H2,1-2H3. The van der Waals surface area contributed by atoms with Crippen LogP contribution >= 0.6 is 0 Å².